The van der Waals surface area contributed by atoms with Gasteiger partial charge in [0, 0.05) is 15.5 Å². The van der Waals surface area contributed by atoms with Crippen LogP contribution in [0, 0.1) is 5.41 Å². The minimum Gasteiger partial charge on any atom is -0.0864 e. The fourth-order valence-electron chi connectivity index (χ4n) is 2.98. The summed E-state index contributed by atoms with van der Waals surface area (Å²) in [6.07, 6.45) is 11.5. The van der Waals surface area contributed by atoms with Gasteiger partial charge in [-0.3, -0.25) is 0 Å². The zero-order valence-electron chi connectivity index (χ0n) is 13.1. The average molecular weight is 372 g/mol. The van der Waals surface area contributed by atoms with E-state index in [9.17, 15) is 0 Å². The third-order valence-corrected chi connectivity index (χ3v) is 6.48. The van der Waals surface area contributed by atoms with E-state index in [1.807, 2.05) is 0 Å². The van der Waals surface area contributed by atoms with Crippen LogP contribution in [-0.4, -0.2) is 0 Å². The molecule has 0 atom stereocenters. The summed E-state index contributed by atoms with van der Waals surface area (Å²) in [6, 6.07) is 0. The highest BCUT2D eigenvalue weighted by atomic mass is 35.5. The monoisotopic (exact) mass is 370 g/mol. The van der Waals surface area contributed by atoms with Crippen molar-refractivity contribution in [1.29, 1.82) is 0 Å². The van der Waals surface area contributed by atoms with Crippen LogP contribution in [0.1, 0.15) is 78.1 Å². The molecule has 1 rings (SSSR count). The summed E-state index contributed by atoms with van der Waals surface area (Å²) in [7, 11) is 0. The molecule has 1 aliphatic carbocycles. The maximum atomic E-state index is 6.54. The maximum Gasteiger partial charge on any atom is 0.0759 e. The summed E-state index contributed by atoms with van der Waals surface area (Å²) < 4.78 is 0. The molecule has 0 aromatic heterocycles. The molecule has 122 valence electrons. The molecule has 0 aromatic carbocycles. The van der Waals surface area contributed by atoms with E-state index in [2.05, 4.69) is 13.8 Å². The van der Waals surface area contributed by atoms with Gasteiger partial charge >= 0.3 is 0 Å². The van der Waals surface area contributed by atoms with Gasteiger partial charge in [0.1, 0.15) is 0 Å². The molecule has 0 amide bonds. The van der Waals surface area contributed by atoms with E-state index in [4.69, 9.17) is 46.4 Å². The summed E-state index contributed by atoms with van der Waals surface area (Å²) in [4.78, 5) is 0. The van der Waals surface area contributed by atoms with Crippen LogP contribution >= 0.6 is 46.4 Å². The molecule has 0 unspecified atom stereocenters. The number of unbranched alkanes of at least 4 members (excludes halogenated alkanes) is 6. The molecule has 0 spiro atoms. The minimum absolute atomic E-state index is 0.321. The van der Waals surface area contributed by atoms with Crippen molar-refractivity contribution in [3.05, 3.63) is 20.1 Å². The van der Waals surface area contributed by atoms with Crippen molar-refractivity contribution in [1.82, 2.24) is 0 Å². The lowest BCUT2D eigenvalue weighted by Gasteiger charge is -2.31. The largest absolute Gasteiger partial charge is 0.0864 e. The molecule has 0 radical (unpaired) electrons. The Balaban J connectivity index is 2.80. The first-order valence-corrected chi connectivity index (χ1v) is 9.64. The first-order valence-electron chi connectivity index (χ1n) is 8.13. The van der Waals surface area contributed by atoms with E-state index in [0.29, 0.717) is 20.1 Å². The van der Waals surface area contributed by atoms with E-state index in [0.717, 1.165) is 25.7 Å². The normalized spacial score (nSPS) is 18.0. The number of hydrogen-bond donors (Lipinski definition) is 0. The Hall–Kier alpha value is 0.640. The van der Waals surface area contributed by atoms with Crippen molar-refractivity contribution >= 4 is 46.4 Å². The molecule has 0 heterocycles. The van der Waals surface area contributed by atoms with Crippen molar-refractivity contribution in [3.63, 3.8) is 0 Å². The van der Waals surface area contributed by atoms with E-state index in [1.54, 1.807) is 0 Å². The van der Waals surface area contributed by atoms with Gasteiger partial charge in [0.2, 0.25) is 0 Å². The summed E-state index contributed by atoms with van der Waals surface area (Å²) in [5, 5.41) is 2.22. The Morgan fingerprint density at radius 1 is 0.619 bits per heavy atom. The molecule has 0 nitrogen and oxygen atoms in total. The van der Waals surface area contributed by atoms with Crippen molar-refractivity contribution in [2.24, 2.45) is 5.41 Å². The van der Waals surface area contributed by atoms with Gasteiger partial charge in [-0.15, -0.1) is 0 Å². The second-order valence-corrected chi connectivity index (χ2v) is 7.47. The van der Waals surface area contributed by atoms with E-state index < -0.39 is 0 Å². The van der Waals surface area contributed by atoms with Crippen LogP contribution in [0.5, 0.6) is 0 Å². The predicted octanol–water partition coefficient (Wildman–Crippen LogP) is 8.31. The van der Waals surface area contributed by atoms with Crippen LogP contribution in [0.2, 0.25) is 0 Å². The van der Waals surface area contributed by atoms with Gasteiger partial charge in [-0.1, -0.05) is 112 Å². The second kappa shape index (κ2) is 9.71. The van der Waals surface area contributed by atoms with Gasteiger partial charge in [-0.25, -0.2) is 0 Å². The molecule has 0 aromatic rings. The molecule has 0 aliphatic heterocycles. The zero-order chi connectivity index (χ0) is 15.9. The maximum absolute atomic E-state index is 6.54. The topological polar surface area (TPSA) is 0 Å². The quantitative estimate of drug-likeness (QED) is 0.338. The predicted molar refractivity (Wildman–Crippen MR) is 97.4 cm³/mol. The number of allylic oxidation sites excluding steroid dienone is 4. The molecule has 0 saturated carbocycles. The lowest BCUT2D eigenvalue weighted by molar-refractivity contribution is 0.363. The zero-order valence-corrected chi connectivity index (χ0v) is 16.1. The molecule has 0 bridgehead atoms. The standard InChI is InChI=1S/C17H26Cl4/c1-3-5-7-9-11-17(12-10-8-6-4-2)15(20)13(18)14(19)16(17)21/h3-12H2,1-2H3. The smallest absolute Gasteiger partial charge is 0.0759 e. The van der Waals surface area contributed by atoms with Crippen LogP contribution in [0.15, 0.2) is 20.1 Å². The molecule has 21 heavy (non-hydrogen) atoms. The highest BCUT2D eigenvalue weighted by molar-refractivity contribution is 6.53. The molecular weight excluding hydrogens is 346 g/mol. The van der Waals surface area contributed by atoms with Crippen molar-refractivity contribution in [2.45, 2.75) is 78.1 Å². The third kappa shape index (κ3) is 4.80. The van der Waals surface area contributed by atoms with Gasteiger partial charge in [-0.2, -0.15) is 0 Å². The lowest BCUT2D eigenvalue weighted by atomic mass is 9.78. The van der Waals surface area contributed by atoms with Gasteiger partial charge in [0.05, 0.1) is 10.1 Å². The number of rotatable bonds is 10. The Morgan fingerprint density at radius 2 is 1.00 bits per heavy atom. The molecule has 0 fully saturated rings. The molecule has 1 aliphatic rings. The van der Waals surface area contributed by atoms with Crippen LogP contribution in [0.4, 0.5) is 0 Å². The Kier molecular flexibility index (Phi) is 9.10. The Bertz CT molecular complexity index is 358. The fraction of sp³-hybridized carbons (Fsp3) is 0.765. The summed E-state index contributed by atoms with van der Waals surface area (Å²) in [6.45, 7) is 4.42. The van der Waals surface area contributed by atoms with Crippen LogP contribution in [-0.2, 0) is 0 Å². The van der Waals surface area contributed by atoms with Gasteiger partial charge in [-0.05, 0) is 12.8 Å². The van der Waals surface area contributed by atoms with Gasteiger partial charge in [0.25, 0.3) is 0 Å². The lowest BCUT2D eigenvalue weighted by Crippen LogP contribution is -2.20. The van der Waals surface area contributed by atoms with Crippen LogP contribution in [0.3, 0.4) is 0 Å². The van der Waals surface area contributed by atoms with E-state index >= 15 is 0 Å². The van der Waals surface area contributed by atoms with Crippen LogP contribution in [0.25, 0.3) is 0 Å². The van der Waals surface area contributed by atoms with Gasteiger partial charge < -0.3 is 0 Å². The number of hydrogen-bond acceptors (Lipinski definition) is 0. The molecule has 0 saturated heterocycles. The summed E-state index contributed by atoms with van der Waals surface area (Å²) in [5.41, 5.74) is -0.321. The molecular formula is C17H26Cl4. The third-order valence-electron chi connectivity index (χ3n) is 4.33. The SMILES string of the molecule is CCCCCCC1(CCCCCC)C(Cl)=C(Cl)C(Cl)=C1Cl. The highest BCUT2D eigenvalue weighted by Crippen LogP contribution is 2.58. The van der Waals surface area contributed by atoms with Crippen molar-refractivity contribution in [2.75, 3.05) is 0 Å². The van der Waals surface area contributed by atoms with E-state index in [1.165, 1.54) is 38.5 Å². The average Bonchev–Trinajstić information content (AvgIpc) is 2.64. The Labute approximate surface area is 149 Å². The Morgan fingerprint density at radius 3 is 1.33 bits per heavy atom. The van der Waals surface area contributed by atoms with Crippen molar-refractivity contribution < 1.29 is 0 Å². The van der Waals surface area contributed by atoms with Crippen molar-refractivity contribution in [3.8, 4) is 0 Å². The number of halogens is 4. The first-order chi connectivity index (χ1) is 10.0. The van der Waals surface area contributed by atoms with E-state index in [-0.39, 0.29) is 5.41 Å². The highest BCUT2D eigenvalue weighted by Gasteiger charge is 2.44. The fourth-order valence-corrected chi connectivity index (χ4v) is 4.43. The summed E-state index contributed by atoms with van der Waals surface area (Å²) in [5.74, 6) is 0. The molecule has 4 heteroatoms. The first kappa shape index (κ1) is 19.7. The molecule has 0 N–H and O–H groups in total. The minimum atomic E-state index is -0.321. The second-order valence-electron chi connectivity index (χ2n) is 5.96. The summed E-state index contributed by atoms with van der Waals surface area (Å²) >= 11 is 25.6. The van der Waals surface area contributed by atoms with Crippen LogP contribution < -0.4 is 0 Å². The van der Waals surface area contributed by atoms with Gasteiger partial charge in [0.15, 0.2) is 0 Å².